The molecule has 1 unspecified atom stereocenters. The Bertz CT molecular complexity index is 1130. The number of likely N-dealkylation sites (N-methyl/N-ethyl adjacent to an activating group) is 1. The largest absolute Gasteiger partial charge is 0.756 e. The topological polar surface area (TPSA) is 152 Å². The highest BCUT2D eigenvalue weighted by atomic mass is 31.2. The van der Waals surface area contributed by atoms with Crippen LogP contribution < -0.4 is 4.89 Å². The molecular weight excluding hydrogens is 733 g/mol. The molecule has 0 heterocycles. The quantitative estimate of drug-likeness (QED) is 0.0203. The number of nitrogens with zero attached hydrogens (tertiary/aromatic N) is 1. The third-order valence-corrected chi connectivity index (χ3v) is 10.00. The molecule has 4 atom stereocenters. The van der Waals surface area contributed by atoms with Gasteiger partial charge in [0.25, 0.3) is 7.82 Å². The van der Waals surface area contributed by atoms with E-state index in [1.807, 2.05) is 27.2 Å². The zero-order valence-corrected chi connectivity index (χ0v) is 36.7. The van der Waals surface area contributed by atoms with Gasteiger partial charge in [-0.15, -0.1) is 0 Å². The first kappa shape index (κ1) is 53.9. The van der Waals surface area contributed by atoms with Crippen molar-refractivity contribution in [3.8, 4) is 0 Å². The van der Waals surface area contributed by atoms with Crippen LogP contribution in [0.4, 0.5) is 0 Å². The van der Waals surface area contributed by atoms with Crippen molar-refractivity contribution in [3.63, 3.8) is 0 Å². The molecule has 0 aliphatic carbocycles. The van der Waals surface area contributed by atoms with Crippen LogP contribution in [0.5, 0.6) is 0 Å². The van der Waals surface area contributed by atoms with Gasteiger partial charge in [-0.05, 0) is 70.6 Å². The first-order valence-electron chi connectivity index (χ1n) is 21.5. The lowest BCUT2D eigenvalue weighted by molar-refractivity contribution is -0.870. The van der Waals surface area contributed by atoms with Crippen molar-refractivity contribution in [2.24, 2.45) is 0 Å². The number of carbonyl (C=O) groups excluding carboxylic acids is 2. The minimum atomic E-state index is -4.67. The third-order valence-electron chi connectivity index (χ3n) is 9.03. The van der Waals surface area contributed by atoms with Crippen LogP contribution in [0.3, 0.4) is 0 Å². The Labute approximate surface area is 340 Å². The van der Waals surface area contributed by atoms with E-state index in [0.717, 1.165) is 89.9 Å². The van der Waals surface area contributed by atoms with Gasteiger partial charge in [-0.3, -0.25) is 14.2 Å². The highest BCUT2D eigenvalue weighted by Gasteiger charge is 2.22. The lowest BCUT2D eigenvalue weighted by atomic mass is 10.0. The highest BCUT2D eigenvalue weighted by Crippen LogP contribution is 2.38. The van der Waals surface area contributed by atoms with Crippen LogP contribution in [0, 0.1) is 0 Å². The van der Waals surface area contributed by atoms with Crippen molar-refractivity contribution in [2.75, 3.05) is 47.5 Å². The van der Waals surface area contributed by atoms with E-state index >= 15 is 0 Å². The minimum Gasteiger partial charge on any atom is -0.756 e. The molecule has 0 aromatic rings. The standard InChI is InChI=1S/C44H80NO10P/c1-6-8-10-12-14-15-16-17-18-19-20-21-22-26-31-35-44(49)55-40(39-54-56(50,51)53-37-36-45(3,4)5)38-52-43(48)34-30-27-23-25-29-33-42(47)41(46)32-28-24-13-11-9-7-2/h8,10,14-15,17-18,24,28,40-42,46-47H,6-7,9,11-13,16,19-23,25-27,29-39H2,1-5H3/b10-8-,15-14-,18-17-,28-24-/t40-,41-,42-/m1/s1. The Balaban J connectivity index is 4.52. The number of unbranched alkanes of at least 4 members (excludes halogenated alkanes) is 12. The fourth-order valence-electron chi connectivity index (χ4n) is 5.51. The smallest absolute Gasteiger partial charge is 0.306 e. The Morgan fingerprint density at radius 1 is 0.661 bits per heavy atom. The lowest BCUT2D eigenvalue weighted by Crippen LogP contribution is -2.37. The Morgan fingerprint density at radius 2 is 1.21 bits per heavy atom. The second-order valence-corrected chi connectivity index (χ2v) is 17.0. The number of carbonyl (C=O) groups is 2. The molecule has 56 heavy (non-hydrogen) atoms. The molecule has 12 heteroatoms. The number of ether oxygens (including phenoxy) is 2. The summed E-state index contributed by atoms with van der Waals surface area (Å²) in [5.41, 5.74) is 0. The molecule has 0 radical (unpaired) electrons. The number of aliphatic hydroxyl groups is 2. The number of aliphatic hydroxyl groups excluding tert-OH is 2. The van der Waals surface area contributed by atoms with E-state index in [0.29, 0.717) is 36.7 Å². The average molecular weight is 814 g/mol. The number of phosphoric acid groups is 1. The van der Waals surface area contributed by atoms with Gasteiger partial charge in [0.05, 0.1) is 40.0 Å². The molecule has 326 valence electrons. The number of hydrogen-bond donors (Lipinski definition) is 2. The van der Waals surface area contributed by atoms with Crippen molar-refractivity contribution in [3.05, 3.63) is 48.6 Å². The van der Waals surface area contributed by atoms with Gasteiger partial charge in [0.2, 0.25) is 0 Å². The Morgan fingerprint density at radius 3 is 1.86 bits per heavy atom. The summed E-state index contributed by atoms with van der Waals surface area (Å²) in [4.78, 5) is 37.5. The summed E-state index contributed by atoms with van der Waals surface area (Å²) in [7, 11) is 1.06. The predicted molar refractivity (Wildman–Crippen MR) is 225 cm³/mol. The van der Waals surface area contributed by atoms with Crippen LogP contribution in [-0.2, 0) is 32.7 Å². The second-order valence-electron chi connectivity index (χ2n) is 15.6. The normalized spacial score (nSPS) is 15.2. The van der Waals surface area contributed by atoms with Crippen molar-refractivity contribution < 1.29 is 52.3 Å². The van der Waals surface area contributed by atoms with Crippen LogP contribution in [-0.4, -0.2) is 92.5 Å². The molecule has 0 fully saturated rings. The van der Waals surface area contributed by atoms with E-state index in [2.05, 4.69) is 56.4 Å². The Kier molecular flexibility index (Phi) is 34.6. The predicted octanol–water partition coefficient (Wildman–Crippen LogP) is 9.22. The van der Waals surface area contributed by atoms with E-state index in [9.17, 15) is 29.3 Å². The van der Waals surface area contributed by atoms with Crippen LogP contribution in [0.25, 0.3) is 0 Å². The van der Waals surface area contributed by atoms with Gasteiger partial charge in [-0.1, -0.05) is 120 Å². The zero-order valence-electron chi connectivity index (χ0n) is 35.8. The summed E-state index contributed by atoms with van der Waals surface area (Å²) >= 11 is 0. The average Bonchev–Trinajstić information content (AvgIpc) is 3.14. The number of hydrogen-bond acceptors (Lipinski definition) is 10. The number of rotatable bonds is 38. The van der Waals surface area contributed by atoms with E-state index in [4.69, 9.17) is 18.5 Å². The maximum absolute atomic E-state index is 12.7. The zero-order chi connectivity index (χ0) is 41.8. The van der Waals surface area contributed by atoms with E-state index in [1.54, 1.807) is 0 Å². The van der Waals surface area contributed by atoms with E-state index in [-0.39, 0.29) is 26.1 Å². The van der Waals surface area contributed by atoms with Crippen molar-refractivity contribution in [1.82, 2.24) is 0 Å². The molecular formula is C44H80NO10P. The number of esters is 2. The van der Waals surface area contributed by atoms with Gasteiger partial charge in [-0.25, -0.2) is 0 Å². The number of quaternary nitrogens is 1. The van der Waals surface area contributed by atoms with Crippen LogP contribution in [0.2, 0.25) is 0 Å². The first-order valence-corrected chi connectivity index (χ1v) is 23.0. The highest BCUT2D eigenvalue weighted by molar-refractivity contribution is 7.45. The Hall–Kier alpha value is -2.11. The number of allylic oxidation sites excluding steroid dienone is 7. The van der Waals surface area contributed by atoms with Gasteiger partial charge in [-0.2, -0.15) is 0 Å². The summed E-state index contributed by atoms with van der Waals surface area (Å²) in [5.74, 6) is -0.970. The molecule has 0 saturated heterocycles. The van der Waals surface area contributed by atoms with Crippen molar-refractivity contribution in [1.29, 1.82) is 0 Å². The third kappa shape index (κ3) is 37.5. The van der Waals surface area contributed by atoms with Gasteiger partial charge in [0, 0.05) is 12.8 Å². The molecule has 0 saturated carbocycles. The maximum atomic E-state index is 12.7. The van der Waals surface area contributed by atoms with E-state index < -0.39 is 44.7 Å². The molecule has 0 spiro atoms. The molecule has 2 N–H and O–H groups in total. The molecule has 0 aromatic heterocycles. The van der Waals surface area contributed by atoms with Gasteiger partial charge >= 0.3 is 11.9 Å². The van der Waals surface area contributed by atoms with Crippen molar-refractivity contribution in [2.45, 2.75) is 173 Å². The SMILES string of the molecule is CC/C=C\C/C=C\C/C=C\CCCCCCCC(=O)O[C@H](COC(=O)CCCCCCC[C@@H](O)[C@H](O)C/C=C\CCCCC)COP(=O)([O-])OCC[N+](C)(C)C. The molecule has 0 amide bonds. The summed E-state index contributed by atoms with van der Waals surface area (Å²) in [6, 6.07) is 0. The lowest BCUT2D eigenvalue weighted by Gasteiger charge is -2.28. The van der Waals surface area contributed by atoms with Crippen LogP contribution >= 0.6 is 7.82 Å². The fraction of sp³-hybridized carbons (Fsp3) is 0.773. The molecule has 0 aliphatic heterocycles. The summed E-state index contributed by atoms with van der Waals surface area (Å²) in [6.45, 7) is 3.84. The maximum Gasteiger partial charge on any atom is 0.306 e. The van der Waals surface area contributed by atoms with Crippen LogP contribution in [0.15, 0.2) is 48.6 Å². The molecule has 0 bridgehead atoms. The van der Waals surface area contributed by atoms with Gasteiger partial charge in [0.15, 0.2) is 6.10 Å². The summed E-state index contributed by atoms with van der Waals surface area (Å²) < 4.78 is 33.7. The van der Waals surface area contributed by atoms with Gasteiger partial charge in [0.1, 0.15) is 19.8 Å². The number of phosphoric ester groups is 1. The molecule has 0 aromatic carbocycles. The van der Waals surface area contributed by atoms with Crippen molar-refractivity contribution >= 4 is 19.8 Å². The van der Waals surface area contributed by atoms with Gasteiger partial charge < -0.3 is 38.1 Å². The monoisotopic (exact) mass is 814 g/mol. The second kappa shape index (κ2) is 36.0. The first-order chi connectivity index (χ1) is 26.8. The molecule has 0 rings (SSSR count). The summed E-state index contributed by atoms with van der Waals surface area (Å²) in [6.07, 6.45) is 33.0. The minimum absolute atomic E-state index is 0.0616. The van der Waals surface area contributed by atoms with E-state index in [1.165, 1.54) is 12.8 Å². The molecule has 11 nitrogen and oxygen atoms in total. The summed E-state index contributed by atoms with van der Waals surface area (Å²) in [5, 5.41) is 20.4. The fourth-order valence-corrected chi connectivity index (χ4v) is 6.24. The van der Waals surface area contributed by atoms with Crippen LogP contribution in [0.1, 0.15) is 155 Å². The molecule has 0 aliphatic rings.